The van der Waals surface area contributed by atoms with Crippen molar-refractivity contribution in [3.8, 4) is 11.8 Å². The standard InChI is InChI=1S/C21H17F2NO2/c1-2-3-13-4-8-17-14(10-13)6-9-18(20(17)23)21(25)26-16-7-5-15(12-24)19(22)11-16/h5-7,9-11H,2-4,8H2,1H3. The highest BCUT2D eigenvalue weighted by Crippen LogP contribution is 2.30. The van der Waals surface area contributed by atoms with E-state index in [-0.39, 0.29) is 16.9 Å². The monoisotopic (exact) mass is 353 g/mol. The van der Waals surface area contributed by atoms with Gasteiger partial charge in [-0.25, -0.2) is 13.6 Å². The highest BCUT2D eigenvalue weighted by atomic mass is 19.1. The maximum absolute atomic E-state index is 14.8. The predicted octanol–water partition coefficient (Wildman–Crippen LogP) is 5.19. The normalized spacial score (nSPS) is 12.8. The zero-order valence-corrected chi connectivity index (χ0v) is 14.3. The smallest absolute Gasteiger partial charge is 0.346 e. The predicted molar refractivity (Wildman–Crippen MR) is 93.7 cm³/mol. The lowest BCUT2D eigenvalue weighted by Gasteiger charge is -2.18. The molecule has 0 unspecified atom stereocenters. The SMILES string of the molecule is CCCC1=Cc2ccc(C(=O)Oc3ccc(C#N)c(F)c3)c(F)c2CC1. The van der Waals surface area contributed by atoms with Gasteiger partial charge in [-0.05, 0) is 48.6 Å². The van der Waals surface area contributed by atoms with Gasteiger partial charge in [0.25, 0.3) is 0 Å². The van der Waals surface area contributed by atoms with Crippen LogP contribution in [0.15, 0.2) is 35.9 Å². The Balaban J connectivity index is 1.85. The van der Waals surface area contributed by atoms with E-state index < -0.39 is 17.6 Å². The van der Waals surface area contributed by atoms with Crippen molar-refractivity contribution < 1.29 is 18.3 Å². The number of nitriles is 1. The fourth-order valence-electron chi connectivity index (χ4n) is 3.09. The Hall–Kier alpha value is -3.00. The molecular weight excluding hydrogens is 336 g/mol. The number of allylic oxidation sites excluding steroid dienone is 1. The zero-order chi connectivity index (χ0) is 18.7. The second-order valence-corrected chi connectivity index (χ2v) is 6.19. The summed E-state index contributed by atoms with van der Waals surface area (Å²) >= 11 is 0. The van der Waals surface area contributed by atoms with Crippen LogP contribution in [0.3, 0.4) is 0 Å². The van der Waals surface area contributed by atoms with E-state index in [0.29, 0.717) is 12.0 Å². The zero-order valence-electron chi connectivity index (χ0n) is 14.3. The molecule has 5 heteroatoms. The highest BCUT2D eigenvalue weighted by molar-refractivity contribution is 5.92. The third kappa shape index (κ3) is 3.50. The Kier molecular flexibility index (Phi) is 5.13. The van der Waals surface area contributed by atoms with Gasteiger partial charge in [0.05, 0.1) is 11.1 Å². The quantitative estimate of drug-likeness (QED) is 0.562. The molecule has 0 amide bonds. The van der Waals surface area contributed by atoms with Gasteiger partial charge in [0.1, 0.15) is 23.5 Å². The number of carbonyl (C=O) groups is 1. The fraction of sp³-hybridized carbons (Fsp3) is 0.238. The second kappa shape index (κ2) is 7.49. The number of carbonyl (C=O) groups excluding carboxylic acids is 1. The van der Waals surface area contributed by atoms with Crippen molar-refractivity contribution in [1.29, 1.82) is 5.26 Å². The van der Waals surface area contributed by atoms with Gasteiger partial charge in [-0.2, -0.15) is 5.26 Å². The average molecular weight is 353 g/mol. The molecule has 3 rings (SSSR count). The van der Waals surface area contributed by atoms with E-state index in [0.717, 1.165) is 30.9 Å². The number of nitrogens with zero attached hydrogens (tertiary/aromatic N) is 1. The lowest BCUT2D eigenvalue weighted by Crippen LogP contribution is -2.14. The van der Waals surface area contributed by atoms with E-state index in [1.807, 2.05) is 6.08 Å². The number of esters is 1. The van der Waals surface area contributed by atoms with Crippen molar-refractivity contribution in [1.82, 2.24) is 0 Å². The number of hydrogen-bond acceptors (Lipinski definition) is 3. The minimum Gasteiger partial charge on any atom is -0.423 e. The summed E-state index contributed by atoms with van der Waals surface area (Å²) in [6.45, 7) is 2.10. The molecule has 132 valence electrons. The van der Waals surface area contributed by atoms with Gasteiger partial charge in [0.15, 0.2) is 0 Å². The summed E-state index contributed by atoms with van der Waals surface area (Å²) in [4.78, 5) is 12.3. The third-order valence-corrected chi connectivity index (χ3v) is 4.40. The first kappa shape index (κ1) is 17.8. The summed E-state index contributed by atoms with van der Waals surface area (Å²) in [5.74, 6) is -2.35. The van der Waals surface area contributed by atoms with Crippen LogP contribution in [0.4, 0.5) is 8.78 Å². The van der Waals surface area contributed by atoms with Crippen molar-refractivity contribution in [2.45, 2.75) is 32.6 Å². The van der Waals surface area contributed by atoms with E-state index in [2.05, 4.69) is 6.92 Å². The van der Waals surface area contributed by atoms with Gasteiger partial charge in [-0.15, -0.1) is 0 Å². The Morgan fingerprint density at radius 3 is 2.73 bits per heavy atom. The van der Waals surface area contributed by atoms with Crippen LogP contribution in [-0.2, 0) is 6.42 Å². The van der Waals surface area contributed by atoms with Crippen LogP contribution in [0.5, 0.6) is 5.75 Å². The Bertz CT molecular complexity index is 942. The van der Waals surface area contributed by atoms with Crippen molar-refractivity contribution >= 4 is 12.0 Å². The molecule has 3 nitrogen and oxygen atoms in total. The maximum Gasteiger partial charge on any atom is 0.346 e. The number of hydrogen-bond donors (Lipinski definition) is 0. The molecule has 0 aliphatic heterocycles. The lowest BCUT2D eigenvalue weighted by atomic mass is 9.88. The summed E-state index contributed by atoms with van der Waals surface area (Å²) in [5, 5.41) is 8.72. The minimum absolute atomic E-state index is 0.0752. The summed E-state index contributed by atoms with van der Waals surface area (Å²) in [6.07, 6.45) is 5.32. The van der Waals surface area contributed by atoms with Gasteiger partial charge >= 0.3 is 5.97 Å². The average Bonchev–Trinajstić information content (AvgIpc) is 2.62. The molecular formula is C21H17F2NO2. The highest BCUT2D eigenvalue weighted by Gasteiger charge is 2.22. The van der Waals surface area contributed by atoms with E-state index in [4.69, 9.17) is 10.00 Å². The van der Waals surface area contributed by atoms with Crippen LogP contribution >= 0.6 is 0 Å². The Morgan fingerprint density at radius 1 is 1.23 bits per heavy atom. The Labute approximate surface area is 150 Å². The molecule has 1 aliphatic rings. The molecule has 0 saturated carbocycles. The summed E-state index contributed by atoms with van der Waals surface area (Å²) in [7, 11) is 0. The first-order chi connectivity index (χ1) is 12.5. The largest absolute Gasteiger partial charge is 0.423 e. The molecule has 0 saturated heterocycles. The van der Waals surface area contributed by atoms with Gasteiger partial charge in [0, 0.05) is 6.07 Å². The van der Waals surface area contributed by atoms with Crippen molar-refractivity contribution in [2.24, 2.45) is 0 Å². The molecule has 0 aromatic heterocycles. The molecule has 0 spiro atoms. The molecule has 26 heavy (non-hydrogen) atoms. The molecule has 0 atom stereocenters. The van der Waals surface area contributed by atoms with Crippen LogP contribution in [0.25, 0.3) is 6.08 Å². The molecule has 0 N–H and O–H groups in total. The molecule has 2 aromatic rings. The van der Waals surface area contributed by atoms with Crippen molar-refractivity contribution in [3.05, 3.63) is 69.8 Å². The molecule has 0 bridgehead atoms. The van der Waals surface area contributed by atoms with Crippen LogP contribution < -0.4 is 4.74 Å². The summed E-state index contributed by atoms with van der Waals surface area (Å²) < 4.78 is 33.5. The van der Waals surface area contributed by atoms with Crippen molar-refractivity contribution in [3.63, 3.8) is 0 Å². The first-order valence-electron chi connectivity index (χ1n) is 8.46. The van der Waals surface area contributed by atoms with Gasteiger partial charge in [-0.3, -0.25) is 0 Å². The molecule has 1 aliphatic carbocycles. The molecule has 0 radical (unpaired) electrons. The molecule has 2 aromatic carbocycles. The number of halogens is 2. The number of rotatable bonds is 4. The Morgan fingerprint density at radius 2 is 2.04 bits per heavy atom. The van der Waals surface area contributed by atoms with E-state index in [1.165, 1.54) is 23.8 Å². The van der Waals surface area contributed by atoms with Crippen LogP contribution in [0.1, 0.15) is 53.2 Å². The number of ether oxygens (including phenoxy) is 1. The summed E-state index contributed by atoms with van der Waals surface area (Å²) in [5.41, 5.74) is 2.24. The topological polar surface area (TPSA) is 50.1 Å². The third-order valence-electron chi connectivity index (χ3n) is 4.40. The number of fused-ring (bicyclic) bond motifs is 1. The van der Waals surface area contributed by atoms with Crippen LogP contribution in [0.2, 0.25) is 0 Å². The van der Waals surface area contributed by atoms with Crippen molar-refractivity contribution in [2.75, 3.05) is 0 Å². The second-order valence-electron chi connectivity index (χ2n) is 6.19. The van der Waals surface area contributed by atoms with Crippen LogP contribution in [0, 0.1) is 23.0 Å². The van der Waals surface area contributed by atoms with Gasteiger partial charge in [0.2, 0.25) is 0 Å². The van der Waals surface area contributed by atoms with Gasteiger partial charge in [-0.1, -0.05) is 31.1 Å². The fourth-order valence-corrected chi connectivity index (χ4v) is 3.09. The van der Waals surface area contributed by atoms with E-state index in [1.54, 1.807) is 12.1 Å². The molecule has 0 heterocycles. The maximum atomic E-state index is 14.8. The number of benzene rings is 2. The lowest BCUT2D eigenvalue weighted by molar-refractivity contribution is 0.0729. The van der Waals surface area contributed by atoms with Crippen LogP contribution in [-0.4, -0.2) is 5.97 Å². The van der Waals surface area contributed by atoms with E-state index in [9.17, 15) is 13.6 Å². The van der Waals surface area contributed by atoms with E-state index >= 15 is 0 Å². The summed E-state index contributed by atoms with van der Waals surface area (Å²) in [6, 6.07) is 8.23. The van der Waals surface area contributed by atoms with Gasteiger partial charge < -0.3 is 4.74 Å². The molecule has 0 fully saturated rings. The minimum atomic E-state index is -0.891. The first-order valence-corrected chi connectivity index (χ1v) is 8.46.